The molecule has 1 aromatic heterocycles. The highest BCUT2D eigenvalue weighted by Gasteiger charge is 2.41. The zero-order valence-electron chi connectivity index (χ0n) is 12.1. The first-order chi connectivity index (χ1) is 11.0. The average Bonchev–Trinajstić information content (AvgIpc) is 2.45. The number of rotatable bonds is 3. The van der Waals surface area contributed by atoms with Crippen LogP contribution in [0.25, 0.3) is 10.9 Å². The molecule has 9 heteroatoms. The highest BCUT2D eigenvalue weighted by molar-refractivity contribution is 5.96. The Labute approximate surface area is 132 Å². The number of hydrogen-bond donors (Lipinski definition) is 1. The van der Waals surface area contributed by atoms with Gasteiger partial charge >= 0.3 is 12.4 Å². The van der Waals surface area contributed by atoms with Crippen molar-refractivity contribution in [2.24, 2.45) is 0 Å². The molecular formula is C15H10F6N2O. The topological polar surface area (TPSA) is 42.0 Å². The molecule has 0 saturated heterocycles. The van der Waals surface area contributed by atoms with Crippen molar-refractivity contribution >= 4 is 22.4 Å². The minimum absolute atomic E-state index is 0.145. The molecule has 0 fully saturated rings. The first kappa shape index (κ1) is 17.8. The minimum atomic E-state index is -5.40. The van der Waals surface area contributed by atoms with Crippen molar-refractivity contribution in [1.29, 1.82) is 0 Å². The molecule has 2 aromatic rings. The van der Waals surface area contributed by atoms with E-state index in [-0.39, 0.29) is 11.2 Å². The van der Waals surface area contributed by atoms with Gasteiger partial charge < -0.3 is 5.32 Å². The van der Waals surface area contributed by atoms with Crippen molar-refractivity contribution in [3.63, 3.8) is 0 Å². The standard InChI is InChI=1S/C15H10F6N2O/c1-8-5-6-9-3-2-4-10(13(9)22-8)23-11(14(16,17)18)7-12(24)15(19,20)21/h2-7,23H,1H3. The van der Waals surface area contributed by atoms with E-state index in [1.807, 2.05) is 5.32 Å². The van der Waals surface area contributed by atoms with Gasteiger partial charge in [-0.25, -0.2) is 0 Å². The van der Waals surface area contributed by atoms with E-state index in [4.69, 9.17) is 0 Å². The van der Waals surface area contributed by atoms with Crippen LogP contribution in [0.1, 0.15) is 5.69 Å². The Morgan fingerprint density at radius 1 is 1.04 bits per heavy atom. The van der Waals surface area contributed by atoms with Gasteiger partial charge in [-0.1, -0.05) is 18.2 Å². The number of benzene rings is 1. The first-order valence-corrected chi connectivity index (χ1v) is 6.52. The van der Waals surface area contributed by atoms with E-state index < -0.39 is 29.9 Å². The van der Waals surface area contributed by atoms with Crippen molar-refractivity contribution in [1.82, 2.24) is 4.98 Å². The molecule has 0 aliphatic rings. The summed E-state index contributed by atoms with van der Waals surface area (Å²) < 4.78 is 75.6. The van der Waals surface area contributed by atoms with E-state index in [0.29, 0.717) is 11.1 Å². The second-order valence-electron chi connectivity index (χ2n) is 4.87. The predicted octanol–water partition coefficient (Wildman–Crippen LogP) is 4.53. The van der Waals surface area contributed by atoms with Crippen molar-refractivity contribution in [2.75, 3.05) is 5.32 Å². The van der Waals surface area contributed by atoms with E-state index >= 15 is 0 Å². The number of fused-ring (bicyclic) bond motifs is 1. The fraction of sp³-hybridized carbons (Fsp3) is 0.200. The average molecular weight is 348 g/mol. The maximum atomic E-state index is 13.0. The second-order valence-corrected chi connectivity index (χ2v) is 4.87. The fourth-order valence-electron chi connectivity index (χ4n) is 1.89. The number of halogens is 6. The number of aromatic nitrogens is 1. The van der Waals surface area contributed by atoms with Gasteiger partial charge in [0.05, 0.1) is 11.2 Å². The monoisotopic (exact) mass is 348 g/mol. The summed E-state index contributed by atoms with van der Waals surface area (Å²) in [5.74, 6) is -2.60. The lowest BCUT2D eigenvalue weighted by Gasteiger charge is -2.16. The molecule has 0 bridgehead atoms. The molecule has 24 heavy (non-hydrogen) atoms. The summed E-state index contributed by atoms with van der Waals surface area (Å²) in [4.78, 5) is 14.9. The zero-order valence-corrected chi connectivity index (χ0v) is 12.1. The van der Waals surface area contributed by atoms with E-state index in [0.717, 1.165) is 0 Å². The lowest BCUT2D eigenvalue weighted by atomic mass is 10.1. The lowest BCUT2D eigenvalue weighted by molar-refractivity contribution is -0.165. The summed E-state index contributed by atoms with van der Waals surface area (Å²) in [6, 6.07) is 7.49. The molecule has 0 unspecified atom stereocenters. The summed E-state index contributed by atoms with van der Waals surface area (Å²) in [6.07, 6.45) is -11.1. The van der Waals surface area contributed by atoms with Gasteiger partial charge in [-0.05, 0) is 19.1 Å². The van der Waals surface area contributed by atoms with Gasteiger partial charge in [0, 0.05) is 17.2 Å². The van der Waals surface area contributed by atoms with Crippen LogP contribution in [0, 0.1) is 6.92 Å². The Hall–Kier alpha value is -2.58. The minimum Gasteiger partial charge on any atom is -0.350 e. The highest BCUT2D eigenvalue weighted by atomic mass is 19.4. The van der Waals surface area contributed by atoms with Crippen LogP contribution in [0.3, 0.4) is 0 Å². The van der Waals surface area contributed by atoms with Gasteiger partial charge in [0.15, 0.2) is 0 Å². The molecule has 0 saturated carbocycles. The number of para-hydroxylation sites is 1. The molecule has 0 amide bonds. The lowest BCUT2D eigenvalue weighted by Crippen LogP contribution is -2.26. The maximum Gasteiger partial charge on any atom is 0.454 e. The summed E-state index contributed by atoms with van der Waals surface area (Å²) in [5, 5.41) is 2.34. The van der Waals surface area contributed by atoms with Gasteiger partial charge in [-0.15, -0.1) is 0 Å². The van der Waals surface area contributed by atoms with Crippen LogP contribution >= 0.6 is 0 Å². The summed E-state index contributed by atoms with van der Waals surface area (Å²) in [5.41, 5.74) is -1.32. The summed E-state index contributed by atoms with van der Waals surface area (Å²) in [7, 11) is 0. The Balaban J connectivity index is 2.50. The molecule has 0 spiro atoms. The van der Waals surface area contributed by atoms with Gasteiger partial charge in [-0.2, -0.15) is 26.3 Å². The number of hydrogen-bond acceptors (Lipinski definition) is 3. The molecule has 3 nitrogen and oxygen atoms in total. The van der Waals surface area contributed by atoms with Crippen LogP contribution in [-0.4, -0.2) is 23.1 Å². The molecular weight excluding hydrogens is 338 g/mol. The SMILES string of the molecule is Cc1ccc2cccc(NC(=CC(=O)C(F)(F)F)C(F)(F)F)c2n1. The normalized spacial score (nSPS) is 13.2. The molecule has 0 aliphatic carbocycles. The largest absolute Gasteiger partial charge is 0.454 e. The third-order valence-corrected chi connectivity index (χ3v) is 2.99. The molecule has 0 aliphatic heterocycles. The van der Waals surface area contributed by atoms with Crippen LogP contribution in [0.5, 0.6) is 0 Å². The third-order valence-electron chi connectivity index (χ3n) is 2.99. The van der Waals surface area contributed by atoms with Crippen molar-refractivity contribution in [2.45, 2.75) is 19.3 Å². The van der Waals surface area contributed by atoms with Gasteiger partial charge in [0.1, 0.15) is 5.70 Å². The number of alkyl halides is 6. The Morgan fingerprint density at radius 2 is 1.71 bits per heavy atom. The number of nitrogens with one attached hydrogen (secondary N) is 1. The summed E-state index contributed by atoms with van der Waals surface area (Å²) >= 11 is 0. The molecule has 0 radical (unpaired) electrons. The highest BCUT2D eigenvalue weighted by Crippen LogP contribution is 2.31. The summed E-state index contributed by atoms with van der Waals surface area (Å²) in [6.45, 7) is 1.61. The number of allylic oxidation sites excluding steroid dienone is 2. The first-order valence-electron chi connectivity index (χ1n) is 6.52. The van der Waals surface area contributed by atoms with E-state index in [9.17, 15) is 31.1 Å². The van der Waals surface area contributed by atoms with E-state index in [1.165, 1.54) is 12.1 Å². The van der Waals surface area contributed by atoms with Crippen LogP contribution in [-0.2, 0) is 4.79 Å². The van der Waals surface area contributed by atoms with Crippen LogP contribution in [0.2, 0.25) is 0 Å². The van der Waals surface area contributed by atoms with Gasteiger partial charge in [0.25, 0.3) is 5.78 Å². The zero-order chi connectivity index (χ0) is 18.1. The second kappa shape index (κ2) is 6.14. The van der Waals surface area contributed by atoms with Gasteiger partial charge in [-0.3, -0.25) is 9.78 Å². The van der Waals surface area contributed by atoms with Crippen LogP contribution in [0.15, 0.2) is 42.1 Å². The number of aryl methyl sites for hydroxylation is 1. The maximum absolute atomic E-state index is 13.0. The van der Waals surface area contributed by atoms with Crippen LogP contribution < -0.4 is 5.32 Å². The van der Waals surface area contributed by atoms with E-state index in [2.05, 4.69) is 4.98 Å². The third kappa shape index (κ3) is 4.03. The number of pyridine rings is 1. The predicted molar refractivity (Wildman–Crippen MR) is 75.3 cm³/mol. The van der Waals surface area contributed by atoms with Crippen molar-refractivity contribution in [3.05, 3.63) is 47.8 Å². The van der Waals surface area contributed by atoms with E-state index in [1.54, 1.807) is 25.1 Å². The van der Waals surface area contributed by atoms with Gasteiger partial charge in [0.2, 0.25) is 0 Å². The number of carbonyl (C=O) groups is 1. The molecule has 0 atom stereocenters. The molecule has 2 rings (SSSR count). The Bertz CT molecular complexity index is 808. The number of anilines is 1. The molecule has 1 aromatic carbocycles. The molecule has 128 valence electrons. The molecule has 1 N–H and O–H groups in total. The molecule has 1 heterocycles. The van der Waals surface area contributed by atoms with Crippen LogP contribution in [0.4, 0.5) is 32.0 Å². The number of carbonyl (C=O) groups excluding carboxylic acids is 1. The smallest absolute Gasteiger partial charge is 0.350 e. The Kier molecular flexibility index (Phi) is 4.54. The fourth-order valence-corrected chi connectivity index (χ4v) is 1.89. The number of nitrogens with zero attached hydrogens (tertiary/aromatic N) is 1. The Morgan fingerprint density at radius 3 is 2.29 bits per heavy atom. The number of ketones is 1. The quantitative estimate of drug-likeness (QED) is 0.654. The van der Waals surface area contributed by atoms with Crippen molar-refractivity contribution < 1.29 is 31.1 Å². The van der Waals surface area contributed by atoms with Crippen molar-refractivity contribution in [3.8, 4) is 0 Å².